The van der Waals surface area contributed by atoms with Crippen LogP contribution in [0.2, 0.25) is 0 Å². The second-order valence-corrected chi connectivity index (χ2v) is 7.64. The van der Waals surface area contributed by atoms with Gasteiger partial charge in [0.2, 0.25) is 0 Å². The summed E-state index contributed by atoms with van der Waals surface area (Å²) in [5.74, 6) is -0.497. The van der Waals surface area contributed by atoms with E-state index in [-0.39, 0.29) is 22.4 Å². The highest BCUT2D eigenvalue weighted by atomic mass is 32.2. The average Bonchev–Trinajstić information content (AvgIpc) is 2.59. The zero-order valence-corrected chi connectivity index (χ0v) is 14.7. The van der Waals surface area contributed by atoms with Crippen LogP contribution in [0.25, 0.3) is 0 Å². The van der Waals surface area contributed by atoms with Crippen molar-refractivity contribution >= 4 is 15.7 Å². The molecule has 0 saturated carbocycles. The van der Waals surface area contributed by atoms with Gasteiger partial charge in [-0.15, -0.1) is 0 Å². The normalized spacial score (nSPS) is 15.8. The molecule has 1 heterocycles. The molecule has 0 bridgehead atoms. The van der Waals surface area contributed by atoms with E-state index in [1.807, 2.05) is 6.92 Å². The number of hydrogen-bond donors (Lipinski definition) is 1. The molecule has 1 aliphatic rings. The van der Waals surface area contributed by atoms with Crippen LogP contribution in [0.1, 0.15) is 18.4 Å². The van der Waals surface area contributed by atoms with Gasteiger partial charge in [0.15, 0.2) is 5.82 Å². The van der Waals surface area contributed by atoms with Crippen molar-refractivity contribution in [1.82, 2.24) is 0 Å². The van der Waals surface area contributed by atoms with E-state index in [2.05, 4.69) is 4.72 Å². The summed E-state index contributed by atoms with van der Waals surface area (Å²) in [7, 11) is -3.91. The van der Waals surface area contributed by atoms with Crippen molar-refractivity contribution in [3.63, 3.8) is 0 Å². The third-order valence-corrected chi connectivity index (χ3v) is 5.37. The van der Waals surface area contributed by atoms with Gasteiger partial charge in [-0.3, -0.25) is 4.72 Å². The number of para-hydroxylation sites is 1. The van der Waals surface area contributed by atoms with Crippen LogP contribution in [0.5, 0.6) is 5.75 Å². The van der Waals surface area contributed by atoms with Gasteiger partial charge in [0, 0.05) is 12.8 Å². The van der Waals surface area contributed by atoms with E-state index in [9.17, 15) is 12.8 Å². The van der Waals surface area contributed by atoms with Gasteiger partial charge < -0.3 is 9.47 Å². The van der Waals surface area contributed by atoms with E-state index in [0.717, 1.165) is 5.56 Å². The van der Waals surface area contributed by atoms with Crippen LogP contribution >= 0.6 is 0 Å². The molecule has 3 rings (SSSR count). The third-order valence-electron chi connectivity index (χ3n) is 4.01. The van der Waals surface area contributed by atoms with Crippen molar-refractivity contribution in [1.29, 1.82) is 0 Å². The molecule has 2 aromatic carbocycles. The molecule has 0 radical (unpaired) electrons. The molecular weight excluding hydrogens is 345 g/mol. The molecule has 2 aromatic rings. The maximum absolute atomic E-state index is 14.3. The molecule has 1 saturated heterocycles. The Morgan fingerprint density at radius 3 is 2.48 bits per heavy atom. The van der Waals surface area contributed by atoms with E-state index in [1.54, 1.807) is 18.2 Å². The quantitative estimate of drug-likeness (QED) is 0.881. The third kappa shape index (κ3) is 4.29. The SMILES string of the molecule is Cc1ccc(S(=O)(=O)Nc2c(F)cccc2OC2CCOCC2)cc1. The summed E-state index contributed by atoms with van der Waals surface area (Å²) < 4.78 is 52.8. The van der Waals surface area contributed by atoms with Crippen LogP contribution in [0.15, 0.2) is 47.4 Å². The molecule has 1 fully saturated rings. The highest BCUT2D eigenvalue weighted by Crippen LogP contribution is 2.31. The number of nitrogens with one attached hydrogen (secondary N) is 1. The number of rotatable bonds is 5. The van der Waals surface area contributed by atoms with Gasteiger partial charge in [-0.2, -0.15) is 0 Å². The van der Waals surface area contributed by atoms with Gasteiger partial charge in [-0.1, -0.05) is 23.8 Å². The summed E-state index contributed by atoms with van der Waals surface area (Å²) in [6.45, 7) is 3.01. The van der Waals surface area contributed by atoms with Crippen molar-refractivity contribution in [2.75, 3.05) is 17.9 Å². The molecule has 7 heteroatoms. The standard InChI is InChI=1S/C18H20FNO4S/c1-13-5-7-15(8-6-13)25(21,22)20-18-16(19)3-2-4-17(18)24-14-9-11-23-12-10-14/h2-8,14,20H,9-12H2,1H3. The Kier molecular flexibility index (Phi) is 5.24. The first-order valence-electron chi connectivity index (χ1n) is 8.08. The zero-order valence-electron chi connectivity index (χ0n) is 13.9. The van der Waals surface area contributed by atoms with Gasteiger partial charge in [-0.05, 0) is 31.2 Å². The first-order chi connectivity index (χ1) is 12.0. The Hall–Kier alpha value is -2.12. The van der Waals surface area contributed by atoms with Crippen LogP contribution in [0, 0.1) is 12.7 Å². The average molecular weight is 365 g/mol. The number of halogens is 1. The number of sulfonamides is 1. The molecule has 1 aliphatic heterocycles. The smallest absolute Gasteiger partial charge is 0.262 e. The Morgan fingerprint density at radius 2 is 1.80 bits per heavy atom. The minimum absolute atomic E-state index is 0.0679. The first-order valence-corrected chi connectivity index (χ1v) is 9.56. The molecule has 0 spiro atoms. The largest absolute Gasteiger partial charge is 0.488 e. The maximum Gasteiger partial charge on any atom is 0.262 e. The van der Waals surface area contributed by atoms with Gasteiger partial charge >= 0.3 is 0 Å². The lowest BCUT2D eigenvalue weighted by molar-refractivity contribution is 0.0258. The van der Waals surface area contributed by atoms with E-state index in [4.69, 9.17) is 9.47 Å². The topological polar surface area (TPSA) is 64.6 Å². The van der Waals surface area contributed by atoms with Crippen LogP contribution in [-0.2, 0) is 14.8 Å². The molecule has 1 N–H and O–H groups in total. The van der Waals surface area contributed by atoms with Crippen molar-refractivity contribution < 1.29 is 22.3 Å². The molecule has 0 aromatic heterocycles. The number of anilines is 1. The monoisotopic (exact) mass is 365 g/mol. The Balaban J connectivity index is 1.87. The van der Waals surface area contributed by atoms with E-state index in [1.165, 1.54) is 24.3 Å². The van der Waals surface area contributed by atoms with Crippen molar-refractivity contribution in [3.05, 3.63) is 53.8 Å². The summed E-state index contributed by atoms with van der Waals surface area (Å²) in [6, 6.07) is 10.6. The molecule has 0 unspecified atom stereocenters. The van der Waals surface area contributed by atoms with E-state index < -0.39 is 15.8 Å². The summed E-state index contributed by atoms with van der Waals surface area (Å²) in [4.78, 5) is 0.0679. The number of benzene rings is 2. The summed E-state index contributed by atoms with van der Waals surface area (Å²) >= 11 is 0. The molecule has 25 heavy (non-hydrogen) atoms. The van der Waals surface area contributed by atoms with Crippen LogP contribution in [0.4, 0.5) is 10.1 Å². The van der Waals surface area contributed by atoms with Gasteiger partial charge in [0.1, 0.15) is 17.5 Å². The van der Waals surface area contributed by atoms with Crippen LogP contribution in [-0.4, -0.2) is 27.7 Å². The van der Waals surface area contributed by atoms with Crippen LogP contribution in [0.3, 0.4) is 0 Å². The first kappa shape index (κ1) is 17.7. The second-order valence-electron chi connectivity index (χ2n) is 5.96. The fraction of sp³-hybridized carbons (Fsp3) is 0.333. The molecule has 0 amide bonds. The Morgan fingerprint density at radius 1 is 1.12 bits per heavy atom. The predicted octanol–water partition coefficient (Wildman–Crippen LogP) is 3.49. The fourth-order valence-corrected chi connectivity index (χ4v) is 3.66. The minimum Gasteiger partial charge on any atom is -0.488 e. The van der Waals surface area contributed by atoms with Crippen molar-refractivity contribution in [2.24, 2.45) is 0 Å². The van der Waals surface area contributed by atoms with Crippen molar-refractivity contribution in [3.8, 4) is 5.75 Å². The second kappa shape index (κ2) is 7.41. The molecular formula is C18H20FNO4S. The molecule has 0 aliphatic carbocycles. The fourth-order valence-electron chi connectivity index (χ4n) is 2.59. The Bertz CT molecular complexity index is 831. The lowest BCUT2D eigenvalue weighted by atomic mass is 10.1. The summed E-state index contributed by atoms with van der Waals surface area (Å²) in [5.41, 5.74) is 0.767. The van der Waals surface area contributed by atoms with Crippen LogP contribution < -0.4 is 9.46 Å². The van der Waals surface area contributed by atoms with Gasteiger partial charge in [0.25, 0.3) is 10.0 Å². The number of aryl methyl sites for hydroxylation is 1. The predicted molar refractivity (Wildman–Crippen MR) is 92.9 cm³/mol. The molecule has 5 nitrogen and oxygen atoms in total. The highest BCUT2D eigenvalue weighted by Gasteiger charge is 2.22. The lowest BCUT2D eigenvalue weighted by Crippen LogP contribution is -2.26. The highest BCUT2D eigenvalue weighted by molar-refractivity contribution is 7.92. The van der Waals surface area contributed by atoms with Gasteiger partial charge in [-0.25, -0.2) is 12.8 Å². The molecule has 0 atom stereocenters. The minimum atomic E-state index is -3.91. The lowest BCUT2D eigenvalue weighted by Gasteiger charge is -2.24. The summed E-state index contributed by atoms with van der Waals surface area (Å²) in [5, 5.41) is 0. The molecule has 134 valence electrons. The Labute approximate surface area is 146 Å². The van der Waals surface area contributed by atoms with E-state index >= 15 is 0 Å². The van der Waals surface area contributed by atoms with Crippen molar-refractivity contribution in [2.45, 2.75) is 30.8 Å². The summed E-state index contributed by atoms with van der Waals surface area (Å²) in [6.07, 6.45) is 1.24. The maximum atomic E-state index is 14.3. The van der Waals surface area contributed by atoms with E-state index in [0.29, 0.717) is 26.1 Å². The number of ether oxygens (including phenoxy) is 2. The number of hydrogen-bond acceptors (Lipinski definition) is 4. The van der Waals surface area contributed by atoms with Gasteiger partial charge in [0.05, 0.1) is 18.1 Å². The zero-order chi connectivity index (χ0) is 17.9.